The summed E-state index contributed by atoms with van der Waals surface area (Å²) in [7, 11) is -3.30. The summed E-state index contributed by atoms with van der Waals surface area (Å²) in [6.45, 7) is 5.31. The van der Waals surface area contributed by atoms with Gasteiger partial charge in [0.05, 0.1) is 11.8 Å². The van der Waals surface area contributed by atoms with Gasteiger partial charge in [-0.25, -0.2) is 8.42 Å². The lowest BCUT2D eigenvalue weighted by molar-refractivity contribution is 0.494. The van der Waals surface area contributed by atoms with Crippen LogP contribution in [-0.4, -0.2) is 19.7 Å². The smallest absolute Gasteiger partial charge is 0.212 e. The normalized spacial score (nSPS) is 15.9. The van der Waals surface area contributed by atoms with Crippen LogP contribution in [0.15, 0.2) is 0 Å². The van der Waals surface area contributed by atoms with Crippen molar-refractivity contribution >= 4 is 10.0 Å². The lowest BCUT2D eigenvalue weighted by atomic mass is 10.0. The largest absolute Gasteiger partial charge is 0.212 e. The van der Waals surface area contributed by atoms with Crippen molar-refractivity contribution in [1.82, 2.24) is 4.72 Å². The minimum Gasteiger partial charge on any atom is -0.212 e. The number of hydrogen-bond acceptors (Lipinski definition) is 3. The van der Waals surface area contributed by atoms with Crippen molar-refractivity contribution in [2.45, 2.75) is 45.6 Å². The maximum absolute atomic E-state index is 11.5. The molecule has 0 saturated carbocycles. The van der Waals surface area contributed by atoms with Crippen molar-refractivity contribution in [1.29, 1.82) is 5.26 Å². The first-order chi connectivity index (χ1) is 6.39. The molecule has 0 aliphatic heterocycles. The third-order valence-electron chi connectivity index (χ3n) is 2.10. The zero-order valence-electron chi connectivity index (χ0n) is 9.00. The molecular formula is C9H18N2O2S. The Hall–Kier alpha value is -0.600. The third kappa shape index (κ3) is 4.58. The fourth-order valence-corrected chi connectivity index (χ4v) is 2.55. The highest BCUT2D eigenvalue weighted by Crippen LogP contribution is 2.09. The molecule has 0 bridgehead atoms. The number of nitrogens with one attached hydrogen (secondary N) is 1. The van der Waals surface area contributed by atoms with E-state index in [0.29, 0.717) is 12.8 Å². The Balaban J connectivity index is 4.43. The highest BCUT2D eigenvalue weighted by atomic mass is 32.2. The number of unbranched alkanes of at least 4 members (excludes halogenated alkanes) is 1. The summed E-state index contributed by atoms with van der Waals surface area (Å²) in [6.07, 6.45) is 1.92. The molecule has 0 aliphatic rings. The minimum absolute atomic E-state index is 0.0980. The van der Waals surface area contributed by atoms with Gasteiger partial charge < -0.3 is 0 Å². The van der Waals surface area contributed by atoms with Crippen molar-refractivity contribution < 1.29 is 8.42 Å². The highest BCUT2D eigenvalue weighted by Gasteiger charge is 2.27. The van der Waals surface area contributed by atoms with Gasteiger partial charge in [-0.15, -0.1) is 0 Å². The molecule has 5 heteroatoms. The predicted octanol–water partition coefficient (Wildman–Crippen LogP) is 1.40. The van der Waals surface area contributed by atoms with E-state index in [2.05, 4.69) is 4.72 Å². The minimum atomic E-state index is -3.30. The van der Waals surface area contributed by atoms with Crippen molar-refractivity contribution in [3.8, 4) is 6.07 Å². The van der Waals surface area contributed by atoms with Crippen LogP contribution in [0.1, 0.15) is 40.0 Å². The van der Waals surface area contributed by atoms with Crippen LogP contribution < -0.4 is 4.72 Å². The van der Waals surface area contributed by atoms with E-state index in [0.717, 1.165) is 6.42 Å². The van der Waals surface area contributed by atoms with Gasteiger partial charge in [0.25, 0.3) is 0 Å². The predicted molar refractivity (Wildman–Crippen MR) is 56.1 cm³/mol. The molecule has 0 aliphatic carbocycles. The molecule has 1 N–H and O–H groups in total. The Morgan fingerprint density at radius 3 is 2.36 bits per heavy atom. The van der Waals surface area contributed by atoms with Crippen LogP contribution in [0.3, 0.4) is 0 Å². The van der Waals surface area contributed by atoms with Gasteiger partial charge in [0.1, 0.15) is 5.54 Å². The summed E-state index contributed by atoms with van der Waals surface area (Å²) >= 11 is 0. The van der Waals surface area contributed by atoms with E-state index >= 15 is 0 Å². The molecule has 0 rings (SSSR count). The van der Waals surface area contributed by atoms with Crippen molar-refractivity contribution in [3.63, 3.8) is 0 Å². The fourth-order valence-electron chi connectivity index (χ4n) is 0.903. The van der Waals surface area contributed by atoms with E-state index in [4.69, 9.17) is 5.26 Å². The molecule has 1 unspecified atom stereocenters. The molecule has 4 nitrogen and oxygen atoms in total. The van der Waals surface area contributed by atoms with E-state index in [1.807, 2.05) is 13.0 Å². The van der Waals surface area contributed by atoms with E-state index in [1.165, 1.54) is 0 Å². The Morgan fingerprint density at radius 1 is 1.43 bits per heavy atom. The van der Waals surface area contributed by atoms with Crippen molar-refractivity contribution in [2.24, 2.45) is 0 Å². The van der Waals surface area contributed by atoms with Gasteiger partial charge >= 0.3 is 0 Å². The lowest BCUT2D eigenvalue weighted by Crippen LogP contribution is -2.45. The van der Waals surface area contributed by atoms with Crippen LogP contribution in [0.5, 0.6) is 0 Å². The van der Waals surface area contributed by atoms with E-state index in [9.17, 15) is 8.42 Å². The maximum atomic E-state index is 11.5. The second-order valence-corrected chi connectivity index (χ2v) is 5.41. The van der Waals surface area contributed by atoms with Crippen LogP contribution in [-0.2, 0) is 10.0 Å². The van der Waals surface area contributed by atoms with Crippen molar-refractivity contribution in [2.75, 3.05) is 5.75 Å². The summed E-state index contributed by atoms with van der Waals surface area (Å²) in [5.74, 6) is 0.0980. The first-order valence-corrected chi connectivity index (χ1v) is 6.47. The molecule has 0 saturated heterocycles. The Morgan fingerprint density at radius 2 is 2.00 bits per heavy atom. The number of hydrogen-bond donors (Lipinski definition) is 1. The van der Waals surface area contributed by atoms with Crippen molar-refractivity contribution in [3.05, 3.63) is 0 Å². The molecule has 0 fully saturated rings. The highest BCUT2D eigenvalue weighted by molar-refractivity contribution is 7.89. The molecule has 82 valence electrons. The quantitative estimate of drug-likeness (QED) is 0.732. The summed E-state index contributed by atoms with van der Waals surface area (Å²) in [6, 6.07) is 1.97. The average molecular weight is 218 g/mol. The molecular weight excluding hydrogens is 200 g/mol. The second-order valence-electron chi connectivity index (χ2n) is 3.57. The zero-order chi connectivity index (χ0) is 11.2. The first-order valence-electron chi connectivity index (χ1n) is 4.82. The zero-order valence-corrected chi connectivity index (χ0v) is 9.82. The van der Waals surface area contributed by atoms with Gasteiger partial charge in [-0.05, 0) is 19.8 Å². The number of sulfonamides is 1. The molecule has 0 aromatic heterocycles. The van der Waals surface area contributed by atoms with Crippen LogP contribution in [0.25, 0.3) is 0 Å². The SMILES string of the molecule is CCCCS(=O)(=O)NC(C)(C#N)CC. The van der Waals surface area contributed by atoms with Crippen LogP contribution in [0.4, 0.5) is 0 Å². The van der Waals surface area contributed by atoms with Gasteiger partial charge in [-0.2, -0.15) is 9.98 Å². The molecule has 0 radical (unpaired) electrons. The summed E-state index contributed by atoms with van der Waals surface area (Å²) in [5.41, 5.74) is -0.966. The molecule has 1 atom stereocenters. The first kappa shape index (κ1) is 13.4. The monoisotopic (exact) mass is 218 g/mol. The summed E-state index contributed by atoms with van der Waals surface area (Å²) in [4.78, 5) is 0. The van der Waals surface area contributed by atoms with Crippen LogP contribution >= 0.6 is 0 Å². The Kier molecular flexibility index (Phi) is 5.09. The summed E-state index contributed by atoms with van der Waals surface area (Å²) in [5, 5.41) is 8.80. The standard InChI is InChI=1S/C9H18N2O2S/c1-4-6-7-14(12,13)11-9(3,5-2)8-10/h11H,4-7H2,1-3H3. The molecule has 0 aromatic carbocycles. The van der Waals surface area contributed by atoms with Gasteiger partial charge in [0.2, 0.25) is 10.0 Å². The third-order valence-corrected chi connectivity index (χ3v) is 3.69. The van der Waals surface area contributed by atoms with Gasteiger partial charge in [-0.3, -0.25) is 0 Å². The van der Waals surface area contributed by atoms with Gasteiger partial charge in [0, 0.05) is 0 Å². The van der Waals surface area contributed by atoms with Crippen LogP contribution in [0.2, 0.25) is 0 Å². The van der Waals surface area contributed by atoms with E-state index in [1.54, 1.807) is 13.8 Å². The number of nitrogens with zero attached hydrogens (tertiary/aromatic N) is 1. The topological polar surface area (TPSA) is 70.0 Å². The Bertz CT molecular complexity index is 305. The molecule has 14 heavy (non-hydrogen) atoms. The Labute approximate surface area is 86.4 Å². The van der Waals surface area contributed by atoms with E-state index in [-0.39, 0.29) is 5.75 Å². The van der Waals surface area contributed by atoms with Crippen LogP contribution in [0, 0.1) is 11.3 Å². The number of rotatable bonds is 6. The van der Waals surface area contributed by atoms with Gasteiger partial charge in [0.15, 0.2) is 0 Å². The molecule has 0 aromatic rings. The molecule has 0 heterocycles. The number of nitriles is 1. The molecule has 0 spiro atoms. The lowest BCUT2D eigenvalue weighted by Gasteiger charge is -2.20. The molecule has 0 amide bonds. The van der Waals surface area contributed by atoms with E-state index < -0.39 is 15.6 Å². The van der Waals surface area contributed by atoms with Gasteiger partial charge in [-0.1, -0.05) is 20.3 Å². The fraction of sp³-hybridized carbons (Fsp3) is 0.889. The summed E-state index contributed by atoms with van der Waals surface area (Å²) < 4.78 is 25.3. The second kappa shape index (κ2) is 5.32. The average Bonchev–Trinajstić information content (AvgIpc) is 2.14. The maximum Gasteiger partial charge on any atom is 0.212 e.